The third-order valence-electron chi connectivity index (χ3n) is 3.72. The maximum absolute atomic E-state index is 13.8. The Kier molecular flexibility index (Phi) is 3.92. The Morgan fingerprint density at radius 2 is 2.04 bits per heavy atom. The van der Waals surface area contributed by atoms with Gasteiger partial charge in [0.05, 0.1) is 11.6 Å². The minimum absolute atomic E-state index is 0.0229. The number of nitrogens with one attached hydrogen (secondary N) is 2. The van der Waals surface area contributed by atoms with Crippen molar-refractivity contribution in [2.75, 3.05) is 16.8 Å². The lowest BCUT2D eigenvalue weighted by Gasteiger charge is -2.17. The summed E-state index contributed by atoms with van der Waals surface area (Å²) in [5.74, 6) is -1.91. The molecule has 3 rings (SSSR count). The lowest BCUT2D eigenvalue weighted by atomic mass is 10.1. The molecular formula is C16H14FN3O3. The second-order valence-corrected chi connectivity index (χ2v) is 5.27. The number of benzene rings is 1. The van der Waals surface area contributed by atoms with Gasteiger partial charge in [-0.3, -0.25) is 14.4 Å². The van der Waals surface area contributed by atoms with E-state index in [0.717, 1.165) is 0 Å². The number of anilines is 2. The first-order valence-electron chi connectivity index (χ1n) is 7.09. The molecule has 1 aliphatic heterocycles. The van der Waals surface area contributed by atoms with Crippen molar-refractivity contribution in [2.45, 2.75) is 6.42 Å². The average Bonchev–Trinajstić information content (AvgIpc) is 2.92. The van der Waals surface area contributed by atoms with Gasteiger partial charge in [-0.2, -0.15) is 0 Å². The number of rotatable bonds is 3. The number of amides is 2. The number of carbonyl (C=O) groups excluding carboxylic acids is 2. The summed E-state index contributed by atoms with van der Waals surface area (Å²) in [6.07, 6.45) is 2.81. The summed E-state index contributed by atoms with van der Waals surface area (Å²) in [6.45, 7) is 0.0797. The van der Waals surface area contributed by atoms with Gasteiger partial charge in [0, 0.05) is 31.4 Å². The van der Waals surface area contributed by atoms with E-state index in [4.69, 9.17) is 0 Å². The minimum atomic E-state index is -0.637. The number of hydrogen-bond acceptors (Lipinski definition) is 3. The van der Waals surface area contributed by atoms with Gasteiger partial charge in [0.1, 0.15) is 11.5 Å². The van der Waals surface area contributed by atoms with Crippen molar-refractivity contribution >= 4 is 23.2 Å². The first kappa shape index (κ1) is 15.0. The minimum Gasteiger partial charge on any atom is -0.366 e. The Balaban J connectivity index is 1.75. The highest BCUT2D eigenvalue weighted by molar-refractivity contribution is 6.03. The van der Waals surface area contributed by atoms with Gasteiger partial charge in [0.15, 0.2) is 0 Å². The van der Waals surface area contributed by atoms with E-state index in [9.17, 15) is 18.8 Å². The molecule has 1 saturated heterocycles. The van der Waals surface area contributed by atoms with Crippen molar-refractivity contribution in [1.29, 1.82) is 0 Å². The van der Waals surface area contributed by atoms with E-state index in [1.165, 1.54) is 41.6 Å². The molecule has 1 atom stereocenters. The molecule has 6 nitrogen and oxygen atoms in total. The van der Waals surface area contributed by atoms with Crippen molar-refractivity contribution in [3.8, 4) is 0 Å². The number of carbonyl (C=O) groups is 2. The number of halogens is 1. The Morgan fingerprint density at radius 3 is 2.78 bits per heavy atom. The van der Waals surface area contributed by atoms with Gasteiger partial charge in [-0.15, -0.1) is 0 Å². The standard InChI is InChI=1S/C16H14FN3O3/c17-11-3-1-2-4-13(11)20-9-10(7-15(20)22)16(23)19-12-8-18-6-5-14(12)21/h1-6,8,10H,7,9H2,(H,18,21)(H,19,23)/t10-/m1/s1. The van der Waals surface area contributed by atoms with Crippen LogP contribution in [0.5, 0.6) is 0 Å². The third kappa shape index (κ3) is 2.98. The average molecular weight is 315 g/mol. The van der Waals surface area contributed by atoms with Crippen LogP contribution in [0.4, 0.5) is 15.8 Å². The van der Waals surface area contributed by atoms with Gasteiger partial charge >= 0.3 is 0 Å². The van der Waals surface area contributed by atoms with Crippen molar-refractivity contribution in [1.82, 2.24) is 4.98 Å². The zero-order valence-corrected chi connectivity index (χ0v) is 12.1. The molecule has 2 amide bonds. The van der Waals surface area contributed by atoms with E-state index < -0.39 is 17.6 Å². The number of aromatic nitrogens is 1. The summed E-state index contributed by atoms with van der Waals surface area (Å²) in [5.41, 5.74) is -0.0490. The van der Waals surface area contributed by atoms with Gasteiger partial charge < -0.3 is 15.2 Å². The van der Waals surface area contributed by atoms with Crippen LogP contribution in [-0.2, 0) is 9.59 Å². The molecule has 0 bridgehead atoms. The quantitative estimate of drug-likeness (QED) is 0.900. The predicted octanol–water partition coefficient (Wildman–Crippen LogP) is 1.51. The van der Waals surface area contributed by atoms with Crippen molar-refractivity contribution in [3.63, 3.8) is 0 Å². The largest absolute Gasteiger partial charge is 0.366 e. The second-order valence-electron chi connectivity index (χ2n) is 5.27. The number of aromatic amines is 1. The summed E-state index contributed by atoms with van der Waals surface area (Å²) in [4.78, 5) is 39.9. The van der Waals surface area contributed by atoms with E-state index in [0.29, 0.717) is 0 Å². The molecule has 1 aromatic carbocycles. The summed E-state index contributed by atoms with van der Waals surface area (Å²) in [6, 6.07) is 7.21. The van der Waals surface area contributed by atoms with Crippen LogP contribution in [0.1, 0.15) is 6.42 Å². The maximum Gasteiger partial charge on any atom is 0.229 e. The predicted molar refractivity (Wildman–Crippen MR) is 82.6 cm³/mol. The first-order valence-corrected chi connectivity index (χ1v) is 7.09. The van der Waals surface area contributed by atoms with Crippen LogP contribution in [0, 0.1) is 11.7 Å². The molecular weight excluding hydrogens is 301 g/mol. The highest BCUT2D eigenvalue weighted by atomic mass is 19.1. The van der Waals surface area contributed by atoms with Crippen LogP contribution in [-0.4, -0.2) is 23.3 Å². The lowest BCUT2D eigenvalue weighted by Crippen LogP contribution is -2.29. The smallest absolute Gasteiger partial charge is 0.229 e. The molecule has 2 N–H and O–H groups in total. The van der Waals surface area contributed by atoms with Gasteiger partial charge in [-0.05, 0) is 12.1 Å². The Hall–Kier alpha value is -2.96. The monoisotopic (exact) mass is 315 g/mol. The van der Waals surface area contributed by atoms with Crippen LogP contribution < -0.4 is 15.6 Å². The summed E-state index contributed by atoms with van der Waals surface area (Å²) < 4.78 is 13.8. The number of hydrogen-bond donors (Lipinski definition) is 2. The van der Waals surface area contributed by atoms with Crippen LogP contribution >= 0.6 is 0 Å². The van der Waals surface area contributed by atoms with E-state index in [2.05, 4.69) is 10.3 Å². The number of para-hydroxylation sites is 1. The fourth-order valence-electron chi connectivity index (χ4n) is 2.54. The van der Waals surface area contributed by atoms with Crippen LogP contribution in [0.15, 0.2) is 47.5 Å². The molecule has 0 saturated carbocycles. The zero-order chi connectivity index (χ0) is 16.4. The molecule has 7 heteroatoms. The highest BCUT2D eigenvalue weighted by Gasteiger charge is 2.36. The molecule has 1 aliphatic rings. The molecule has 1 fully saturated rings. The summed E-state index contributed by atoms with van der Waals surface area (Å²) in [7, 11) is 0. The third-order valence-corrected chi connectivity index (χ3v) is 3.72. The van der Waals surface area contributed by atoms with Crippen LogP contribution in [0.2, 0.25) is 0 Å². The molecule has 0 radical (unpaired) electrons. The number of nitrogens with zero attached hydrogens (tertiary/aromatic N) is 1. The highest BCUT2D eigenvalue weighted by Crippen LogP contribution is 2.27. The summed E-state index contributed by atoms with van der Waals surface area (Å²) >= 11 is 0. The molecule has 1 aromatic heterocycles. The molecule has 23 heavy (non-hydrogen) atoms. The maximum atomic E-state index is 13.8. The normalized spacial score (nSPS) is 17.3. The molecule has 2 heterocycles. The number of H-pyrrole nitrogens is 1. The fourth-order valence-corrected chi connectivity index (χ4v) is 2.54. The van der Waals surface area contributed by atoms with E-state index >= 15 is 0 Å². The SMILES string of the molecule is O=C(Nc1c[nH]ccc1=O)[C@@H]1CC(=O)N(c2ccccc2F)C1. The zero-order valence-electron chi connectivity index (χ0n) is 12.1. The van der Waals surface area contributed by atoms with E-state index in [-0.39, 0.29) is 35.7 Å². The van der Waals surface area contributed by atoms with Gasteiger partial charge in [0.25, 0.3) is 0 Å². The van der Waals surface area contributed by atoms with E-state index in [1.807, 2.05) is 0 Å². The van der Waals surface area contributed by atoms with Crippen molar-refractivity contribution in [3.05, 3.63) is 58.8 Å². The Labute approximate surface area is 130 Å². The molecule has 0 spiro atoms. The molecule has 2 aromatic rings. The first-order chi connectivity index (χ1) is 11.1. The Bertz CT molecular complexity index is 818. The molecule has 0 aliphatic carbocycles. The van der Waals surface area contributed by atoms with Crippen molar-refractivity contribution in [2.24, 2.45) is 5.92 Å². The van der Waals surface area contributed by atoms with Gasteiger partial charge in [-0.25, -0.2) is 4.39 Å². The lowest BCUT2D eigenvalue weighted by molar-refractivity contribution is -0.122. The number of pyridine rings is 1. The molecule has 0 unspecified atom stereocenters. The Morgan fingerprint density at radius 1 is 1.26 bits per heavy atom. The van der Waals surface area contributed by atoms with Crippen LogP contribution in [0.3, 0.4) is 0 Å². The van der Waals surface area contributed by atoms with Gasteiger partial charge in [-0.1, -0.05) is 12.1 Å². The van der Waals surface area contributed by atoms with E-state index in [1.54, 1.807) is 6.07 Å². The van der Waals surface area contributed by atoms with Crippen molar-refractivity contribution < 1.29 is 14.0 Å². The van der Waals surface area contributed by atoms with Crippen LogP contribution in [0.25, 0.3) is 0 Å². The second kappa shape index (κ2) is 6.04. The topological polar surface area (TPSA) is 82.3 Å². The fraction of sp³-hybridized carbons (Fsp3) is 0.188. The summed E-state index contributed by atoms with van der Waals surface area (Å²) in [5, 5.41) is 2.50. The van der Waals surface area contributed by atoms with Gasteiger partial charge in [0.2, 0.25) is 17.2 Å². The molecule has 118 valence electrons.